The van der Waals surface area contributed by atoms with E-state index in [2.05, 4.69) is 15.3 Å². The SMILES string of the molecule is Cc1cc(=O)[nH]c(CCNC(=O)N2CCOC(c3ccc(Cl)cc3)C2)n1. The van der Waals surface area contributed by atoms with Crippen LogP contribution in [-0.4, -0.2) is 47.1 Å². The van der Waals surface area contributed by atoms with E-state index in [9.17, 15) is 9.59 Å². The lowest BCUT2D eigenvalue weighted by Gasteiger charge is -2.33. The predicted octanol–water partition coefficient (Wildman–Crippen LogP) is 2.06. The molecule has 2 heterocycles. The van der Waals surface area contributed by atoms with Crippen molar-refractivity contribution in [1.82, 2.24) is 20.2 Å². The Morgan fingerprint density at radius 3 is 2.92 bits per heavy atom. The van der Waals surface area contributed by atoms with Crippen LogP contribution in [0.25, 0.3) is 0 Å². The minimum absolute atomic E-state index is 0.151. The Balaban J connectivity index is 1.52. The molecule has 1 aliphatic heterocycles. The fourth-order valence-corrected chi connectivity index (χ4v) is 3.00. The smallest absolute Gasteiger partial charge is 0.317 e. The van der Waals surface area contributed by atoms with Crippen LogP contribution in [0.5, 0.6) is 0 Å². The summed E-state index contributed by atoms with van der Waals surface area (Å²) in [5.41, 5.74) is 1.47. The number of hydrogen-bond acceptors (Lipinski definition) is 4. The molecule has 1 aromatic carbocycles. The first-order valence-electron chi connectivity index (χ1n) is 8.48. The van der Waals surface area contributed by atoms with Crippen LogP contribution >= 0.6 is 11.6 Å². The van der Waals surface area contributed by atoms with Crippen LogP contribution in [0.2, 0.25) is 5.02 Å². The van der Waals surface area contributed by atoms with Gasteiger partial charge >= 0.3 is 6.03 Å². The highest BCUT2D eigenvalue weighted by atomic mass is 35.5. The minimum atomic E-state index is -0.183. The first-order valence-corrected chi connectivity index (χ1v) is 8.86. The fraction of sp³-hybridized carbons (Fsp3) is 0.389. The van der Waals surface area contributed by atoms with Crippen LogP contribution in [0.4, 0.5) is 4.79 Å². The maximum atomic E-state index is 12.4. The van der Waals surface area contributed by atoms with E-state index in [1.807, 2.05) is 24.3 Å². The quantitative estimate of drug-likeness (QED) is 0.855. The molecule has 7 nitrogen and oxygen atoms in total. The van der Waals surface area contributed by atoms with Gasteiger partial charge in [0.25, 0.3) is 5.56 Å². The highest BCUT2D eigenvalue weighted by Crippen LogP contribution is 2.23. The molecule has 1 atom stereocenters. The summed E-state index contributed by atoms with van der Waals surface area (Å²) in [6.07, 6.45) is 0.301. The van der Waals surface area contributed by atoms with Crippen LogP contribution in [0.1, 0.15) is 23.2 Å². The number of urea groups is 1. The van der Waals surface area contributed by atoms with Gasteiger partial charge in [-0.3, -0.25) is 4.79 Å². The number of amides is 2. The normalized spacial score (nSPS) is 17.2. The summed E-state index contributed by atoms with van der Waals surface area (Å²) in [4.78, 5) is 32.5. The van der Waals surface area contributed by atoms with Gasteiger partial charge in [0.05, 0.1) is 13.2 Å². The van der Waals surface area contributed by atoms with Crippen molar-refractivity contribution in [2.45, 2.75) is 19.4 Å². The van der Waals surface area contributed by atoms with Gasteiger partial charge in [0.15, 0.2) is 0 Å². The lowest BCUT2D eigenvalue weighted by atomic mass is 10.1. The zero-order chi connectivity index (χ0) is 18.5. The van der Waals surface area contributed by atoms with E-state index < -0.39 is 0 Å². The molecule has 3 rings (SSSR count). The van der Waals surface area contributed by atoms with Crippen molar-refractivity contribution in [2.75, 3.05) is 26.2 Å². The minimum Gasteiger partial charge on any atom is -0.370 e. The van der Waals surface area contributed by atoms with Crippen molar-refractivity contribution in [3.05, 3.63) is 62.8 Å². The zero-order valence-corrected chi connectivity index (χ0v) is 15.3. The van der Waals surface area contributed by atoms with Gasteiger partial charge in [0.1, 0.15) is 11.9 Å². The third-order valence-corrected chi connectivity index (χ3v) is 4.40. The van der Waals surface area contributed by atoms with E-state index in [-0.39, 0.29) is 17.7 Å². The fourth-order valence-electron chi connectivity index (χ4n) is 2.87. The van der Waals surface area contributed by atoms with E-state index in [1.54, 1.807) is 11.8 Å². The maximum Gasteiger partial charge on any atom is 0.317 e. The lowest BCUT2D eigenvalue weighted by Crippen LogP contribution is -2.47. The summed E-state index contributed by atoms with van der Waals surface area (Å²) >= 11 is 5.91. The molecule has 0 saturated carbocycles. The van der Waals surface area contributed by atoms with Crippen molar-refractivity contribution < 1.29 is 9.53 Å². The molecule has 2 aromatic rings. The molecule has 1 aromatic heterocycles. The summed E-state index contributed by atoms with van der Waals surface area (Å²) in [5, 5.41) is 3.54. The van der Waals surface area contributed by atoms with Gasteiger partial charge in [0.2, 0.25) is 0 Å². The molecule has 8 heteroatoms. The Morgan fingerprint density at radius 2 is 2.19 bits per heavy atom. The van der Waals surface area contributed by atoms with Crippen molar-refractivity contribution in [2.24, 2.45) is 0 Å². The second kappa shape index (κ2) is 8.33. The van der Waals surface area contributed by atoms with Gasteiger partial charge in [-0.1, -0.05) is 23.7 Å². The number of ether oxygens (including phenoxy) is 1. The molecular formula is C18H21ClN4O3. The van der Waals surface area contributed by atoms with Crippen LogP contribution in [0, 0.1) is 6.92 Å². The monoisotopic (exact) mass is 376 g/mol. The second-order valence-electron chi connectivity index (χ2n) is 6.17. The number of morpholine rings is 1. The number of nitrogens with zero attached hydrogens (tertiary/aromatic N) is 2. The largest absolute Gasteiger partial charge is 0.370 e. The van der Waals surface area contributed by atoms with Crippen LogP contribution < -0.4 is 10.9 Å². The molecule has 0 radical (unpaired) electrons. The molecule has 2 amide bonds. The molecule has 138 valence electrons. The molecule has 26 heavy (non-hydrogen) atoms. The Hall–Kier alpha value is -2.38. The van der Waals surface area contributed by atoms with Gasteiger partial charge in [-0.05, 0) is 24.6 Å². The third-order valence-electron chi connectivity index (χ3n) is 4.15. The summed E-state index contributed by atoms with van der Waals surface area (Å²) in [5.74, 6) is 0.566. The van der Waals surface area contributed by atoms with Crippen LogP contribution in [0.15, 0.2) is 35.1 Å². The van der Waals surface area contributed by atoms with Gasteiger partial charge in [-0.25, -0.2) is 9.78 Å². The summed E-state index contributed by atoms with van der Waals surface area (Å²) < 4.78 is 5.77. The predicted molar refractivity (Wildman–Crippen MR) is 98.4 cm³/mol. The number of hydrogen-bond donors (Lipinski definition) is 2. The molecule has 0 aliphatic carbocycles. The topological polar surface area (TPSA) is 87.3 Å². The number of benzene rings is 1. The molecule has 1 unspecified atom stereocenters. The lowest BCUT2D eigenvalue weighted by molar-refractivity contribution is -0.0154. The molecule has 2 N–H and O–H groups in total. The average Bonchev–Trinajstić information content (AvgIpc) is 2.61. The summed E-state index contributed by atoms with van der Waals surface area (Å²) in [6, 6.07) is 8.74. The highest BCUT2D eigenvalue weighted by Gasteiger charge is 2.25. The number of carbonyl (C=O) groups excluding carboxylic acids is 1. The van der Waals surface area contributed by atoms with Crippen molar-refractivity contribution >= 4 is 17.6 Å². The Kier molecular flexibility index (Phi) is 5.90. The van der Waals surface area contributed by atoms with Crippen molar-refractivity contribution in [3.8, 4) is 0 Å². The molecule has 1 aliphatic rings. The number of aromatic amines is 1. The zero-order valence-electron chi connectivity index (χ0n) is 14.5. The van der Waals surface area contributed by atoms with Gasteiger partial charge in [-0.2, -0.15) is 0 Å². The standard InChI is InChI=1S/C18H21ClN4O3/c1-12-10-17(24)22-16(21-12)6-7-20-18(25)23-8-9-26-15(11-23)13-2-4-14(19)5-3-13/h2-5,10,15H,6-9,11H2,1H3,(H,20,25)(H,21,22,24). The van der Waals surface area contributed by atoms with Crippen molar-refractivity contribution in [3.63, 3.8) is 0 Å². The molecular weight excluding hydrogens is 356 g/mol. The molecule has 0 bridgehead atoms. The summed E-state index contributed by atoms with van der Waals surface area (Å²) in [6.45, 7) is 3.66. The number of halogens is 1. The molecule has 0 spiro atoms. The number of nitrogens with one attached hydrogen (secondary N) is 2. The van der Waals surface area contributed by atoms with E-state index >= 15 is 0 Å². The van der Waals surface area contributed by atoms with Gasteiger partial charge in [-0.15, -0.1) is 0 Å². The average molecular weight is 377 g/mol. The second-order valence-corrected chi connectivity index (χ2v) is 6.61. The molecule has 1 fully saturated rings. The Bertz CT molecular complexity index is 822. The third kappa shape index (κ3) is 4.83. The van der Waals surface area contributed by atoms with E-state index in [0.29, 0.717) is 49.2 Å². The van der Waals surface area contributed by atoms with Crippen LogP contribution in [0.3, 0.4) is 0 Å². The Labute approximate surface area is 156 Å². The van der Waals surface area contributed by atoms with E-state index in [1.165, 1.54) is 6.07 Å². The number of carbonyl (C=O) groups is 1. The van der Waals surface area contributed by atoms with Gasteiger partial charge in [0, 0.05) is 36.3 Å². The first kappa shape index (κ1) is 18.4. The maximum absolute atomic E-state index is 12.4. The number of rotatable bonds is 4. The highest BCUT2D eigenvalue weighted by molar-refractivity contribution is 6.30. The number of H-pyrrole nitrogens is 1. The van der Waals surface area contributed by atoms with Crippen molar-refractivity contribution in [1.29, 1.82) is 0 Å². The van der Waals surface area contributed by atoms with Crippen LogP contribution in [-0.2, 0) is 11.2 Å². The number of aromatic nitrogens is 2. The van der Waals surface area contributed by atoms with E-state index in [0.717, 1.165) is 5.56 Å². The van der Waals surface area contributed by atoms with E-state index in [4.69, 9.17) is 16.3 Å². The Morgan fingerprint density at radius 1 is 1.42 bits per heavy atom. The molecule has 1 saturated heterocycles. The summed E-state index contributed by atoms with van der Waals surface area (Å²) in [7, 11) is 0. The first-order chi connectivity index (χ1) is 12.5. The van der Waals surface area contributed by atoms with Gasteiger partial charge < -0.3 is 19.9 Å². The number of aryl methyl sites for hydroxylation is 1.